The molecule has 0 radical (unpaired) electrons. The molecule has 1 saturated heterocycles. The number of carbonyl (C=O) groups excluding carboxylic acids is 1. The van der Waals surface area contributed by atoms with Crippen molar-refractivity contribution < 1.29 is 9.53 Å². The van der Waals surface area contributed by atoms with Crippen molar-refractivity contribution in [2.45, 2.75) is 52.9 Å². The number of anilines is 2. The molecule has 5 heterocycles. The van der Waals surface area contributed by atoms with Crippen molar-refractivity contribution in [3.05, 3.63) is 76.9 Å². The van der Waals surface area contributed by atoms with Gasteiger partial charge < -0.3 is 19.4 Å². The van der Waals surface area contributed by atoms with Crippen molar-refractivity contribution in [3.8, 4) is 6.07 Å². The summed E-state index contributed by atoms with van der Waals surface area (Å²) < 4.78 is 7.57. The Labute approximate surface area is 239 Å². The minimum Gasteiger partial charge on any atom is -0.444 e. The van der Waals surface area contributed by atoms with Gasteiger partial charge in [0.2, 0.25) is 0 Å². The maximum atomic E-state index is 12.4. The second kappa shape index (κ2) is 10.4. The summed E-state index contributed by atoms with van der Waals surface area (Å²) in [5.41, 5.74) is 6.48. The molecular weight excluding hydrogens is 516 g/mol. The summed E-state index contributed by atoms with van der Waals surface area (Å²) in [5, 5.41) is 15.4. The Hall–Kier alpha value is -4.65. The molecule has 0 saturated carbocycles. The number of pyridine rings is 2. The largest absolute Gasteiger partial charge is 0.444 e. The van der Waals surface area contributed by atoms with E-state index in [-0.39, 0.29) is 6.09 Å². The Balaban J connectivity index is 1.10. The first-order valence-electron chi connectivity index (χ1n) is 14.0. The molecule has 3 aromatic heterocycles. The lowest BCUT2D eigenvalue weighted by atomic mass is 10.1. The van der Waals surface area contributed by atoms with E-state index in [1.165, 1.54) is 5.56 Å². The minimum absolute atomic E-state index is 0.257. The lowest BCUT2D eigenvalue weighted by Crippen LogP contribution is -2.50. The lowest BCUT2D eigenvalue weighted by molar-refractivity contribution is 0.0240. The third kappa shape index (κ3) is 5.27. The number of hydrogen-bond acceptors (Lipinski definition) is 8. The van der Waals surface area contributed by atoms with Gasteiger partial charge in [-0.3, -0.25) is 9.67 Å². The molecule has 0 atom stereocenters. The average molecular weight is 551 g/mol. The van der Waals surface area contributed by atoms with E-state index in [1.54, 1.807) is 11.1 Å². The number of ether oxygens (including phenoxy) is 1. The van der Waals surface area contributed by atoms with Gasteiger partial charge in [-0.05, 0) is 63.6 Å². The zero-order valence-electron chi connectivity index (χ0n) is 24.0. The Morgan fingerprint density at radius 3 is 2.51 bits per heavy atom. The van der Waals surface area contributed by atoms with E-state index < -0.39 is 5.60 Å². The van der Waals surface area contributed by atoms with Gasteiger partial charge in [-0.1, -0.05) is 6.07 Å². The fourth-order valence-corrected chi connectivity index (χ4v) is 5.57. The van der Waals surface area contributed by atoms with Crippen molar-refractivity contribution in [1.82, 2.24) is 24.6 Å². The van der Waals surface area contributed by atoms with Crippen molar-refractivity contribution >= 4 is 28.5 Å². The highest BCUT2D eigenvalue weighted by atomic mass is 16.6. The molecule has 2 aliphatic heterocycles. The van der Waals surface area contributed by atoms with Crippen LogP contribution in [0, 0.1) is 18.3 Å². The van der Waals surface area contributed by atoms with Crippen LogP contribution in [-0.4, -0.2) is 62.5 Å². The van der Waals surface area contributed by atoms with Crippen molar-refractivity contribution in [3.63, 3.8) is 0 Å². The molecular formula is C31H34N8O2. The van der Waals surface area contributed by atoms with Gasteiger partial charge in [0.1, 0.15) is 17.5 Å². The number of amides is 1. The molecule has 0 spiro atoms. The molecule has 1 aromatic carbocycles. The summed E-state index contributed by atoms with van der Waals surface area (Å²) >= 11 is 0. The highest BCUT2D eigenvalue weighted by molar-refractivity contribution is 5.95. The Bertz CT molecular complexity index is 1640. The van der Waals surface area contributed by atoms with Crippen LogP contribution in [0.15, 0.2) is 48.8 Å². The number of nitriles is 1. The highest BCUT2D eigenvalue weighted by Crippen LogP contribution is 2.35. The number of piperazine rings is 1. The van der Waals surface area contributed by atoms with E-state index in [1.807, 2.05) is 51.2 Å². The quantitative estimate of drug-likeness (QED) is 0.362. The molecule has 210 valence electrons. The van der Waals surface area contributed by atoms with Crippen LogP contribution in [0.25, 0.3) is 10.9 Å². The summed E-state index contributed by atoms with van der Waals surface area (Å²) in [4.78, 5) is 27.8. The van der Waals surface area contributed by atoms with Gasteiger partial charge in [0, 0.05) is 67.4 Å². The van der Waals surface area contributed by atoms with E-state index in [9.17, 15) is 10.1 Å². The number of aromatic nitrogens is 4. The predicted molar refractivity (Wildman–Crippen MR) is 157 cm³/mol. The summed E-state index contributed by atoms with van der Waals surface area (Å²) in [7, 11) is 0. The van der Waals surface area contributed by atoms with Gasteiger partial charge in [-0.2, -0.15) is 10.4 Å². The molecule has 2 aliphatic rings. The third-order valence-electron chi connectivity index (χ3n) is 7.71. The van der Waals surface area contributed by atoms with Gasteiger partial charge in [0.15, 0.2) is 0 Å². The SMILES string of the molecule is Cc1c2c(nn1Cc1ccc(N3CCN(C(=O)OC(C)(C)C)CC3)nc1)CN(c1ccc(C#N)c3ncccc13)C2. The third-order valence-corrected chi connectivity index (χ3v) is 7.71. The Morgan fingerprint density at radius 1 is 1.02 bits per heavy atom. The zero-order chi connectivity index (χ0) is 28.7. The summed E-state index contributed by atoms with van der Waals surface area (Å²) in [6.45, 7) is 12.6. The predicted octanol–water partition coefficient (Wildman–Crippen LogP) is 4.63. The fourth-order valence-electron chi connectivity index (χ4n) is 5.57. The van der Waals surface area contributed by atoms with Crippen molar-refractivity contribution in [1.29, 1.82) is 5.26 Å². The smallest absolute Gasteiger partial charge is 0.410 e. The summed E-state index contributed by atoms with van der Waals surface area (Å²) in [6.07, 6.45) is 3.39. The summed E-state index contributed by atoms with van der Waals surface area (Å²) in [6, 6.07) is 14.2. The maximum absolute atomic E-state index is 12.4. The van der Waals surface area contributed by atoms with Gasteiger partial charge in [0.25, 0.3) is 0 Å². The average Bonchev–Trinajstić information content (AvgIpc) is 3.50. The molecule has 0 unspecified atom stereocenters. The normalized spacial score (nSPS) is 15.2. The molecule has 10 nitrogen and oxygen atoms in total. The Morgan fingerprint density at radius 2 is 1.83 bits per heavy atom. The van der Waals surface area contributed by atoms with E-state index in [2.05, 4.69) is 44.6 Å². The first kappa shape index (κ1) is 26.6. The van der Waals surface area contributed by atoms with Crippen LogP contribution in [-0.2, 0) is 24.4 Å². The zero-order valence-corrected chi connectivity index (χ0v) is 24.0. The second-order valence-corrected chi connectivity index (χ2v) is 11.6. The van der Waals surface area contributed by atoms with Crippen molar-refractivity contribution in [2.75, 3.05) is 36.0 Å². The standard InChI is InChI=1S/C31H34N8O2/c1-21-25-19-38(27-9-8-23(16-32)29-24(27)6-5-11-33-29)20-26(25)35-39(21)18-22-7-10-28(34-17-22)36-12-14-37(15-13-36)30(40)41-31(2,3)4/h5-11,17H,12-15,18-20H2,1-4H3. The number of benzene rings is 1. The van der Waals surface area contributed by atoms with Crippen molar-refractivity contribution in [2.24, 2.45) is 0 Å². The molecule has 0 N–H and O–H groups in total. The van der Waals surface area contributed by atoms with Crippen LogP contribution >= 0.6 is 0 Å². The molecule has 0 aliphatic carbocycles. The van der Waals surface area contributed by atoms with Crippen LogP contribution in [0.4, 0.5) is 16.3 Å². The molecule has 4 aromatic rings. The summed E-state index contributed by atoms with van der Waals surface area (Å²) in [5.74, 6) is 0.914. The number of fused-ring (bicyclic) bond motifs is 2. The van der Waals surface area contributed by atoms with Gasteiger partial charge in [-0.25, -0.2) is 9.78 Å². The van der Waals surface area contributed by atoms with Crippen LogP contribution in [0.1, 0.15) is 48.8 Å². The van der Waals surface area contributed by atoms with Gasteiger partial charge in [-0.15, -0.1) is 0 Å². The van der Waals surface area contributed by atoms with Crippen LogP contribution in [0.5, 0.6) is 0 Å². The van der Waals surface area contributed by atoms with E-state index in [0.717, 1.165) is 59.0 Å². The van der Waals surface area contributed by atoms with Crippen LogP contribution in [0.2, 0.25) is 0 Å². The molecule has 10 heteroatoms. The van der Waals surface area contributed by atoms with Crippen LogP contribution in [0.3, 0.4) is 0 Å². The lowest BCUT2D eigenvalue weighted by Gasteiger charge is -2.36. The number of rotatable bonds is 4. The first-order chi connectivity index (χ1) is 19.7. The highest BCUT2D eigenvalue weighted by Gasteiger charge is 2.28. The van der Waals surface area contributed by atoms with Gasteiger partial charge in [0.05, 0.1) is 29.9 Å². The molecule has 6 rings (SSSR count). The maximum Gasteiger partial charge on any atom is 0.410 e. The van der Waals surface area contributed by atoms with Gasteiger partial charge >= 0.3 is 6.09 Å². The topological polar surface area (TPSA) is 103 Å². The molecule has 41 heavy (non-hydrogen) atoms. The minimum atomic E-state index is -0.490. The van der Waals surface area contributed by atoms with E-state index in [4.69, 9.17) is 14.8 Å². The van der Waals surface area contributed by atoms with E-state index >= 15 is 0 Å². The number of hydrogen-bond donors (Lipinski definition) is 0. The first-order valence-corrected chi connectivity index (χ1v) is 14.0. The fraction of sp³-hybridized carbons (Fsp3) is 0.387. The van der Waals surface area contributed by atoms with E-state index in [0.29, 0.717) is 31.7 Å². The molecule has 0 bridgehead atoms. The molecule has 1 amide bonds. The van der Waals surface area contributed by atoms with Crippen LogP contribution < -0.4 is 9.80 Å². The number of nitrogens with zero attached hydrogens (tertiary/aromatic N) is 8. The number of carbonyl (C=O) groups is 1. The monoisotopic (exact) mass is 550 g/mol. The molecule has 1 fully saturated rings. The Kier molecular flexibility index (Phi) is 6.73. The second-order valence-electron chi connectivity index (χ2n) is 11.6.